The van der Waals surface area contributed by atoms with Gasteiger partial charge in [-0.3, -0.25) is 0 Å². The van der Waals surface area contributed by atoms with Crippen LogP contribution in [-0.2, 0) is 0 Å². The van der Waals surface area contributed by atoms with Gasteiger partial charge in [0.1, 0.15) is 5.82 Å². The van der Waals surface area contributed by atoms with Gasteiger partial charge in [-0.15, -0.1) is 0 Å². The highest BCUT2D eigenvalue weighted by molar-refractivity contribution is 5.47. The number of aromatic nitrogens is 1. The Morgan fingerprint density at radius 3 is 2.62 bits per heavy atom. The van der Waals surface area contributed by atoms with Gasteiger partial charge in [0, 0.05) is 25.2 Å². The summed E-state index contributed by atoms with van der Waals surface area (Å²) in [5, 5.41) is 0. The van der Waals surface area contributed by atoms with Crippen LogP contribution in [0, 0.1) is 5.92 Å². The fraction of sp³-hybridized carbons (Fsp3) is 0.500. The lowest BCUT2D eigenvalue weighted by Gasteiger charge is -2.20. The largest absolute Gasteiger partial charge is 0.493 e. The number of nitrogens with zero attached hydrogens (tertiary/aromatic N) is 2. The molecule has 0 unspecified atom stereocenters. The summed E-state index contributed by atoms with van der Waals surface area (Å²) < 4.78 is 11.8. The van der Waals surface area contributed by atoms with Gasteiger partial charge in [-0.1, -0.05) is 19.1 Å². The molecule has 2 aliphatic rings. The highest BCUT2D eigenvalue weighted by atomic mass is 16.5. The predicted molar refractivity (Wildman–Crippen MR) is 104 cm³/mol. The fourth-order valence-corrected chi connectivity index (χ4v) is 4.33. The minimum Gasteiger partial charge on any atom is -0.493 e. The first kappa shape index (κ1) is 17.2. The maximum absolute atomic E-state index is 6.29. The number of rotatable bonds is 5. The Morgan fingerprint density at radius 1 is 1.04 bits per heavy atom. The van der Waals surface area contributed by atoms with Gasteiger partial charge < -0.3 is 14.4 Å². The van der Waals surface area contributed by atoms with E-state index in [1.165, 1.54) is 18.4 Å². The van der Waals surface area contributed by atoms with Crippen LogP contribution in [0.2, 0.25) is 0 Å². The molecule has 1 aromatic heterocycles. The van der Waals surface area contributed by atoms with Crippen molar-refractivity contribution in [3.8, 4) is 11.5 Å². The van der Waals surface area contributed by atoms with Gasteiger partial charge in [-0.05, 0) is 61.4 Å². The third-order valence-corrected chi connectivity index (χ3v) is 5.80. The van der Waals surface area contributed by atoms with E-state index in [9.17, 15) is 0 Å². The molecule has 1 aromatic carbocycles. The molecule has 2 heterocycles. The number of hydrogen-bond acceptors (Lipinski definition) is 4. The monoisotopic (exact) mass is 352 g/mol. The van der Waals surface area contributed by atoms with Gasteiger partial charge in [0.15, 0.2) is 11.5 Å². The second-order valence-corrected chi connectivity index (χ2v) is 7.61. The standard InChI is InChI=1S/C22H28N2O2/c1-16-14-24(22-9-5-6-12-23-22)15-19(16)17-10-11-20(25-2)21(13-17)26-18-7-3-4-8-18/h5-6,9-13,16,18-19H,3-4,7-8,14-15H2,1-2H3/t16-,19+/m1/s1. The predicted octanol–water partition coefficient (Wildman–Crippen LogP) is 4.65. The molecule has 0 bridgehead atoms. The molecular weight excluding hydrogens is 324 g/mol. The van der Waals surface area contributed by atoms with Crippen molar-refractivity contribution in [2.24, 2.45) is 5.92 Å². The van der Waals surface area contributed by atoms with Crippen molar-refractivity contribution in [2.75, 3.05) is 25.1 Å². The molecule has 0 N–H and O–H groups in total. The molecule has 2 fully saturated rings. The van der Waals surface area contributed by atoms with Gasteiger partial charge in [0.2, 0.25) is 0 Å². The fourth-order valence-electron chi connectivity index (χ4n) is 4.33. The van der Waals surface area contributed by atoms with Crippen molar-refractivity contribution in [3.05, 3.63) is 48.2 Å². The molecule has 4 heteroatoms. The molecule has 2 atom stereocenters. The summed E-state index contributed by atoms with van der Waals surface area (Å²) in [5.74, 6) is 3.87. The summed E-state index contributed by atoms with van der Waals surface area (Å²) in [6, 6.07) is 12.6. The molecule has 2 aromatic rings. The normalized spacial score (nSPS) is 23.4. The lowest BCUT2D eigenvalue weighted by atomic mass is 9.90. The molecular formula is C22H28N2O2. The number of hydrogen-bond donors (Lipinski definition) is 0. The van der Waals surface area contributed by atoms with Crippen molar-refractivity contribution in [2.45, 2.75) is 44.6 Å². The average molecular weight is 352 g/mol. The maximum atomic E-state index is 6.29. The summed E-state index contributed by atoms with van der Waals surface area (Å²) in [6.45, 7) is 4.36. The topological polar surface area (TPSA) is 34.6 Å². The summed E-state index contributed by atoms with van der Waals surface area (Å²) in [7, 11) is 1.72. The summed E-state index contributed by atoms with van der Waals surface area (Å²) in [6.07, 6.45) is 7.05. The van der Waals surface area contributed by atoms with Gasteiger partial charge in [0.25, 0.3) is 0 Å². The number of anilines is 1. The zero-order chi connectivity index (χ0) is 17.9. The molecule has 1 saturated carbocycles. The quantitative estimate of drug-likeness (QED) is 0.784. The Balaban J connectivity index is 1.55. The van der Waals surface area contributed by atoms with E-state index in [0.717, 1.165) is 43.2 Å². The summed E-state index contributed by atoms with van der Waals surface area (Å²) in [5.41, 5.74) is 1.34. The first-order valence-electron chi connectivity index (χ1n) is 9.75. The first-order valence-corrected chi connectivity index (χ1v) is 9.75. The molecule has 138 valence electrons. The average Bonchev–Trinajstić information content (AvgIpc) is 3.32. The third-order valence-electron chi connectivity index (χ3n) is 5.80. The molecule has 1 saturated heterocycles. The molecule has 0 amide bonds. The SMILES string of the molecule is COc1ccc([C@H]2CN(c3ccccn3)C[C@H]2C)cc1OC1CCCC1. The third kappa shape index (κ3) is 3.50. The maximum Gasteiger partial charge on any atom is 0.161 e. The van der Waals surface area contributed by atoms with Crippen LogP contribution >= 0.6 is 0 Å². The van der Waals surface area contributed by atoms with Crippen LogP contribution in [0.3, 0.4) is 0 Å². The molecule has 0 spiro atoms. The molecule has 4 rings (SSSR count). The van der Waals surface area contributed by atoms with Crippen molar-refractivity contribution in [1.82, 2.24) is 4.98 Å². The molecule has 1 aliphatic carbocycles. The van der Waals surface area contributed by atoms with Crippen LogP contribution in [0.15, 0.2) is 42.6 Å². The van der Waals surface area contributed by atoms with Gasteiger partial charge in [0.05, 0.1) is 13.2 Å². The van der Waals surface area contributed by atoms with Crippen molar-refractivity contribution >= 4 is 5.82 Å². The van der Waals surface area contributed by atoms with E-state index in [4.69, 9.17) is 9.47 Å². The highest BCUT2D eigenvalue weighted by Gasteiger charge is 2.32. The minimum absolute atomic E-state index is 0.338. The van der Waals surface area contributed by atoms with E-state index in [0.29, 0.717) is 17.9 Å². The molecule has 1 aliphatic heterocycles. The van der Waals surface area contributed by atoms with Crippen LogP contribution in [0.25, 0.3) is 0 Å². The van der Waals surface area contributed by atoms with Crippen LogP contribution in [0.1, 0.15) is 44.1 Å². The van der Waals surface area contributed by atoms with Crippen LogP contribution in [0.4, 0.5) is 5.82 Å². The van der Waals surface area contributed by atoms with E-state index < -0.39 is 0 Å². The Bertz CT molecular complexity index is 728. The zero-order valence-electron chi connectivity index (χ0n) is 15.7. The lowest BCUT2D eigenvalue weighted by Crippen LogP contribution is -2.20. The van der Waals surface area contributed by atoms with Crippen LogP contribution in [0.5, 0.6) is 11.5 Å². The van der Waals surface area contributed by atoms with Crippen LogP contribution in [-0.4, -0.2) is 31.3 Å². The second-order valence-electron chi connectivity index (χ2n) is 7.61. The lowest BCUT2D eigenvalue weighted by molar-refractivity contribution is 0.200. The van der Waals surface area contributed by atoms with Gasteiger partial charge >= 0.3 is 0 Å². The molecule has 26 heavy (non-hydrogen) atoms. The van der Waals surface area contributed by atoms with E-state index >= 15 is 0 Å². The van der Waals surface area contributed by atoms with Crippen molar-refractivity contribution in [1.29, 1.82) is 0 Å². The van der Waals surface area contributed by atoms with Crippen LogP contribution < -0.4 is 14.4 Å². The first-order chi connectivity index (χ1) is 12.7. The summed E-state index contributed by atoms with van der Waals surface area (Å²) in [4.78, 5) is 6.90. The number of benzene rings is 1. The number of pyridine rings is 1. The summed E-state index contributed by atoms with van der Waals surface area (Å²) >= 11 is 0. The Kier molecular flexibility index (Phi) is 5.00. The van der Waals surface area contributed by atoms with E-state index in [2.05, 4.69) is 47.1 Å². The van der Waals surface area contributed by atoms with Gasteiger partial charge in [-0.25, -0.2) is 4.98 Å². The Hall–Kier alpha value is -2.23. The van der Waals surface area contributed by atoms with Crippen molar-refractivity contribution in [3.63, 3.8) is 0 Å². The second kappa shape index (κ2) is 7.56. The van der Waals surface area contributed by atoms with E-state index in [1.807, 2.05) is 12.3 Å². The highest BCUT2D eigenvalue weighted by Crippen LogP contribution is 2.39. The van der Waals surface area contributed by atoms with E-state index in [1.54, 1.807) is 7.11 Å². The smallest absolute Gasteiger partial charge is 0.161 e. The Labute approximate surface area is 156 Å². The molecule has 0 radical (unpaired) electrons. The van der Waals surface area contributed by atoms with Crippen molar-refractivity contribution < 1.29 is 9.47 Å². The van der Waals surface area contributed by atoms with Gasteiger partial charge in [-0.2, -0.15) is 0 Å². The minimum atomic E-state index is 0.338. The van der Waals surface area contributed by atoms with E-state index in [-0.39, 0.29) is 0 Å². The Morgan fingerprint density at radius 2 is 1.88 bits per heavy atom. The number of methoxy groups -OCH3 is 1. The number of ether oxygens (including phenoxy) is 2. The molecule has 4 nitrogen and oxygen atoms in total. The zero-order valence-corrected chi connectivity index (χ0v) is 15.7.